The van der Waals surface area contributed by atoms with Gasteiger partial charge in [-0.1, -0.05) is 0 Å². The molecule has 2 aliphatic rings. The molecule has 1 aliphatic heterocycles. The maximum Gasteiger partial charge on any atom is 0.321 e. The summed E-state index contributed by atoms with van der Waals surface area (Å²) >= 11 is 0. The molecule has 2 N–H and O–H groups in total. The van der Waals surface area contributed by atoms with E-state index in [1.54, 1.807) is 34.1 Å². The first kappa shape index (κ1) is 17.1. The summed E-state index contributed by atoms with van der Waals surface area (Å²) in [4.78, 5) is 28.1. The van der Waals surface area contributed by atoms with Crippen LogP contribution in [-0.4, -0.2) is 54.6 Å². The van der Waals surface area contributed by atoms with E-state index in [9.17, 15) is 9.59 Å². The van der Waals surface area contributed by atoms with Gasteiger partial charge in [0.15, 0.2) is 0 Å². The molecular weight excluding hydrogens is 318 g/mol. The normalized spacial score (nSPS) is 17.4. The lowest BCUT2D eigenvalue weighted by atomic mass is 10.2. The molecule has 0 atom stereocenters. The van der Waals surface area contributed by atoms with E-state index < -0.39 is 0 Å². The number of nitriles is 1. The van der Waals surface area contributed by atoms with Crippen molar-refractivity contribution < 1.29 is 9.59 Å². The van der Waals surface area contributed by atoms with E-state index >= 15 is 0 Å². The van der Waals surface area contributed by atoms with Gasteiger partial charge in [0.2, 0.25) is 0 Å². The molecule has 1 aromatic rings. The molecule has 7 nitrogen and oxygen atoms in total. The summed E-state index contributed by atoms with van der Waals surface area (Å²) in [6, 6.07) is 8.62. The summed E-state index contributed by atoms with van der Waals surface area (Å²) in [5.41, 5.74) is 1.22. The molecule has 1 aliphatic carbocycles. The standard InChI is InChI=1S/C18H23N5O2/c19-12-14-4-6-16(7-5-14)21-18(25)23-9-1-8-22(10-11-23)17(24)20-13-15-2-3-15/h4-7,15H,1-3,8-11,13H2,(H,20,24)(H,21,25). The quantitative estimate of drug-likeness (QED) is 0.883. The molecular formula is C18H23N5O2. The van der Waals surface area contributed by atoms with Crippen molar-refractivity contribution in [3.05, 3.63) is 29.8 Å². The minimum absolute atomic E-state index is 0.0266. The van der Waals surface area contributed by atoms with E-state index in [1.165, 1.54) is 12.8 Å². The largest absolute Gasteiger partial charge is 0.338 e. The lowest BCUT2D eigenvalue weighted by molar-refractivity contribution is 0.195. The van der Waals surface area contributed by atoms with Crippen LogP contribution in [0.4, 0.5) is 15.3 Å². The number of amides is 4. The monoisotopic (exact) mass is 341 g/mol. The summed E-state index contributed by atoms with van der Waals surface area (Å²) in [6.45, 7) is 3.10. The van der Waals surface area contributed by atoms with Crippen LogP contribution < -0.4 is 10.6 Å². The fraction of sp³-hybridized carbons (Fsp3) is 0.500. The summed E-state index contributed by atoms with van der Waals surface area (Å²) in [5.74, 6) is 0.658. The molecule has 7 heteroatoms. The molecule has 1 saturated carbocycles. The van der Waals surface area contributed by atoms with Crippen molar-refractivity contribution in [2.24, 2.45) is 5.92 Å². The van der Waals surface area contributed by atoms with Gasteiger partial charge in [0, 0.05) is 38.4 Å². The minimum Gasteiger partial charge on any atom is -0.338 e. The Hall–Kier alpha value is -2.75. The molecule has 0 unspecified atom stereocenters. The van der Waals surface area contributed by atoms with Gasteiger partial charge >= 0.3 is 12.1 Å². The highest BCUT2D eigenvalue weighted by Crippen LogP contribution is 2.27. The van der Waals surface area contributed by atoms with Gasteiger partial charge in [-0.15, -0.1) is 0 Å². The van der Waals surface area contributed by atoms with Crippen molar-refractivity contribution in [2.75, 3.05) is 38.0 Å². The number of anilines is 1. The highest BCUT2D eigenvalue weighted by molar-refractivity contribution is 5.89. The van der Waals surface area contributed by atoms with Crippen LogP contribution in [0.25, 0.3) is 0 Å². The number of nitrogens with zero attached hydrogens (tertiary/aromatic N) is 3. The first-order valence-corrected chi connectivity index (χ1v) is 8.74. The molecule has 0 spiro atoms. The third-order valence-corrected chi connectivity index (χ3v) is 4.57. The molecule has 1 aromatic carbocycles. The van der Waals surface area contributed by atoms with Crippen LogP contribution in [0.15, 0.2) is 24.3 Å². The van der Waals surface area contributed by atoms with E-state index in [0.29, 0.717) is 43.3 Å². The van der Waals surface area contributed by atoms with Crippen molar-refractivity contribution in [3.63, 3.8) is 0 Å². The third-order valence-electron chi connectivity index (χ3n) is 4.57. The second-order valence-electron chi connectivity index (χ2n) is 6.58. The molecule has 3 rings (SSSR count). The zero-order chi connectivity index (χ0) is 17.6. The van der Waals surface area contributed by atoms with Crippen molar-refractivity contribution >= 4 is 17.7 Å². The van der Waals surface area contributed by atoms with Crippen LogP contribution in [-0.2, 0) is 0 Å². The molecule has 2 fully saturated rings. The average Bonchev–Trinajstić information content (AvgIpc) is 3.46. The lowest BCUT2D eigenvalue weighted by Gasteiger charge is -2.22. The summed E-state index contributed by atoms with van der Waals surface area (Å²) < 4.78 is 0. The Morgan fingerprint density at radius 1 is 1.04 bits per heavy atom. The van der Waals surface area contributed by atoms with Crippen LogP contribution >= 0.6 is 0 Å². The lowest BCUT2D eigenvalue weighted by Crippen LogP contribution is -2.43. The van der Waals surface area contributed by atoms with Gasteiger partial charge in [-0.3, -0.25) is 0 Å². The van der Waals surface area contributed by atoms with Crippen molar-refractivity contribution in [3.8, 4) is 6.07 Å². The molecule has 25 heavy (non-hydrogen) atoms. The topological polar surface area (TPSA) is 88.5 Å². The number of benzene rings is 1. The Morgan fingerprint density at radius 3 is 2.28 bits per heavy atom. The second-order valence-corrected chi connectivity index (χ2v) is 6.58. The molecule has 0 radical (unpaired) electrons. The van der Waals surface area contributed by atoms with Gasteiger partial charge in [-0.25, -0.2) is 9.59 Å². The van der Waals surface area contributed by atoms with Crippen LogP contribution in [0.5, 0.6) is 0 Å². The molecule has 1 heterocycles. The smallest absolute Gasteiger partial charge is 0.321 e. The van der Waals surface area contributed by atoms with E-state index in [2.05, 4.69) is 10.6 Å². The Balaban J connectivity index is 1.48. The number of rotatable bonds is 3. The fourth-order valence-corrected chi connectivity index (χ4v) is 2.82. The molecule has 0 bridgehead atoms. The predicted molar refractivity (Wildman–Crippen MR) is 94.1 cm³/mol. The molecule has 4 amide bonds. The number of hydrogen-bond donors (Lipinski definition) is 2. The molecule has 132 valence electrons. The average molecular weight is 341 g/mol. The Bertz CT molecular complexity index is 663. The van der Waals surface area contributed by atoms with Crippen molar-refractivity contribution in [2.45, 2.75) is 19.3 Å². The fourth-order valence-electron chi connectivity index (χ4n) is 2.82. The number of nitrogens with one attached hydrogen (secondary N) is 2. The summed E-state index contributed by atoms with van der Waals surface area (Å²) in [5, 5.41) is 14.6. The first-order chi connectivity index (χ1) is 12.2. The number of hydrogen-bond acceptors (Lipinski definition) is 3. The van der Waals surface area contributed by atoms with Gasteiger partial charge in [0.25, 0.3) is 0 Å². The Kier molecular flexibility index (Phi) is 5.39. The van der Waals surface area contributed by atoms with Gasteiger partial charge in [0.1, 0.15) is 0 Å². The minimum atomic E-state index is -0.176. The van der Waals surface area contributed by atoms with Gasteiger partial charge in [-0.2, -0.15) is 5.26 Å². The highest BCUT2D eigenvalue weighted by Gasteiger charge is 2.25. The van der Waals surface area contributed by atoms with Crippen LogP contribution in [0.3, 0.4) is 0 Å². The summed E-state index contributed by atoms with van der Waals surface area (Å²) in [7, 11) is 0. The van der Waals surface area contributed by atoms with Crippen LogP contribution in [0, 0.1) is 17.2 Å². The maximum absolute atomic E-state index is 12.4. The second kappa shape index (κ2) is 7.88. The SMILES string of the molecule is N#Cc1ccc(NC(=O)N2CCCN(C(=O)NCC3CC3)CC2)cc1. The van der Waals surface area contributed by atoms with Gasteiger partial charge < -0.3 is 20.4 Å². The number of carbonyl (C=O) groups is 2. The van der Waals surface area contributed by atoms with Crippen LogP contribution in [0.1, 0.15) is 24.8 Å². The predicted octanol–water partition coefficient (Wildman–Crippen LogP) is 2.22. The zero-order valence-electron chi connectivity index (χ0n) is 14.2. The highest BCUT2D eigenvalue weighted by atomic mass is 16.2. The van der Waals surface area contributed by atoms with E-state index in [-0.39, 0.29) is 12.1 Å². The molecule has 1 saturated heterocycles. The maximum atomic E-state index is 12.4. The number of urea groups is 2. The summed E-state index contributed by atoms with van der Waals surface area (Å²) in [6.07, 6.45) is 3.19. The van der Waals surface area contributed by atoms with Crippen molar-refractivity contribution in [1.82, 2.24) is 15.1 Å². The zero-order valence-corrected chi connectivity index (χ0v) is 14.2. The first-order valence-electron chi connectivity index (χ1n) is 8.74. The van der Waals surface area contributed by atoms with E-state index in [1.807, 2.05) is 6.07 Å². The number of carbonyl (C=O) groups excluding carboxylic acids is 2. The van der Waals surface area contributed by atoms with Crippen LogP contribution in [0.2, 0.25) is 0 Å². The van der Waals surface area contributed by atoms with Crippen molar-refractivity contribution in [1.29, 1.82) is 5.26 Å². The Labute approximate surface area is 147 Å². The Morgan fingerprint density at radius 2 is 1.68 bits per heavy atom. The van der Waals surface area contributed by atoms with Gasteiger partial charge in [0.05, 0.1) is 11.6 Å². The van der Waals surface area contributed by atoms with E-state index in [0.717, 1.165) is 13.0 Å². The van der Waals surface area contributed by atoms with E-state index in [4.69, 9.17) is 5.26 Å². The van der Waals surface area contributed by atoms with Gasteiger partial charge in [-0.05, 0) is 49.4 Å². The third kappa shape index (κ3) is 4.86. The molecule has 0 aromatic heterocycles.